The van der Waals surface area contributed by atoms with Crippen LogP contribution in [0.4, 0.5) is 10.1 Å². The summed E-state index contributed by atoms with van der Waals surface area (Å²) < 4.78 is 40.5. The molecule has 1 aromatic heterocycles. The standard InChI is InChI=1S/C20H26FN3O2S2/c1-22-16-4-2-3-5-17(16)24-18-11-15(21)19(10-14(18)13-6-7-13)28(25,26)12-20-23-8-9-27-20/h8-11,13,16-17,22,24H,2-7,12H2,1H3/t16-,17-/m0/s1. The summed E-state index contributed by atoms with van der Waals surface area (Å²) in [6.45, 7) is 0. The molecule has 2 N–H and O–H groups in total. The highest BCUT2D eigenvalue weighted by Gasteiger charge is 2.32. The van der Waals surface area contributed by atoms with E-state index < -0.39 is 15.7 Å². The molecule has 4 rings (SSSR count). The number of hydrogen-bond donors (Lipinski definition) is 2. The van der Waals surface area contributed by atoms with Crippen LogP contribution in [0.3, 0.4) is 0 Å². The molecule has 0 unspecified atom stereocenters. The summed E-state index contributed by atoms with van der Waals surface area (Å²) in [4.78, 5) is 3.83. The number of thiazole rings is 1. The molecule has 152 valence electrons. The molecule has 0 amide bonds. The van der Waals surface area contributed by atoms with Gasteiger partial charge in [0, 0.05) is 29.3 Å². The predicted molar refractivity (Wildman–Crippen MR) is 110 cm³/mol. The summed E-state index contributed by atoms with van der Waals surface area (Å²) in [5.41, 5.74) is 1.68. The SMILES string of the molecule is CN[C@H]1CCCC[C@@H]1Nc1cc(F)c(S(=O)(=O)Cc2nccs2)cc1C1CC1. The second-order valence-corrected chi connectivity index (χ2v) is 10.7. The Bertz CT molecular complexity index is 927. The Morgan fingerprint density at radius 2 is 1.93 bits per heavy atom. The van der Waals surface area contributed by atoms with E-state index in [2.05, 4.69) is 15.6 Å². The van der Waals surface area contributed by atoms with E-state index in [1.807, 2.05) is 7.05 Å². The molecule has 0 spiro atoms. The van der Waals surface area contributed by atoms with E-state index in [4.69, 9.17) is 0 Å². The number of nitrogens with zero attached hydrogens (tertiary/aromatic N) is 1. The number of nitrogens with one attached hydrogen (secondary N) is 2. The van der Waals surface area contributed by atoms with Crippen LogP contribution in [0.15, 0.2) is 28.6 Å². The van der Waals surface area contributed by atoms with Crippen molar-refractivity contribution in [2.75, 3.05) is 12.4 Å². The topological polar surface area (TPSA) is 71.1 Å². The third-order valence-corrected chi connectivity index (χ3v) is 8.33. The van der Waals surface area contributed by atoms with Gasteiger partial charge in [0.1, 0.15) is 21.5 Å². The average molecular weight is 424 g/mol. The van der Waals surface area contributed by atoms with Gasteiger partial charge >= 0.3 is 0 Å². The molecule has 1 heterocycles. The molecule has 2 fully saturated rings. The summed E-state index contributed by atoms with van der Waals surface area (Å²) in [5.74, 6) is -0.628. The largest absolute Gasteiger partial charge is 0.380 e. The highest BCUT2D eigenvalue weighted by atomic mass is 32.2. The van der Waals surface area contributed by atoms with Gasteiger partial charge in [0.15, 0.2) is 9.84 Å². The lowest BCUT2D eigenvalue weighted by Gasteiger charge is -2.33. The van der Waals surface area contributed by atoms with Crippen LogP contribution in [-0.2, 0) is 15.6 Å². The zero-order valence-corrected chi connectivity index (χ0v) is 17.6. The third kappa shape index (κ3) is 4.23. The van der Waals surface area contributed by atoms with Crippen LogP contribution >= 0.6 is 11.3 Å². The van der Waals surface area contributed by atoms with Gasteiger partial charge < -0.3 is 10.6 Å². The second-order valence-electron chi connectivity index (χ2n) is 7.76. The predicted octanol–water partition coefficient (Wildman–Crippen LogP) is 4.08. The maximum Gasteiger partial charge on any atom is 0.187 e. The van der Waals surface area contributed by atoms with E-state index in [1.54, 1.807) is 17.6 Å². The molecule has 8 heteroatoms. The van der Waals surface area contributed by atoms with Crippen molar-refractivity contribution in [3.05, 3.63) is 40.1 Å². The van der Waals surface area contributed by atoms with Gasteiger partial charge in [-0.1, -0.05) is 12.8 Å². The fourth-order valence-corrected chi connectivity index (χ4v) is 6.43. The van der Waals surface area contributed by atoms with Crippen molar-refractivity contribution in [1.29, 1.82) is 0 Å². The lowest BCUT2D eigenvalue weighted by Crippen LogP contribution is -2.44. The van der Waals surface area contributed by atoms with Crippen molar-refractivity contribution in [2.24, 2.45) is 0 Å². The van der Waals surface area contributed by atoms with Crippen LogP contribution in [0.5, 0.6) is 0 Å². The van der Waals surface area contributed by atoms with Gasteiger partial charge in [-0.2, -0.15) is 0 Å². The smallest absolute Gasteiger partial charge is 0.187 e. The molecule has 0 bridgehead atoms. The molecule has 5 nitrogen and oxygen atoms in total. The van der Waals surface area contributed by atoms with E-state index in [1.165, 1.54) is 23.8 Å². The number of benzene rings is 1. The van der Waals surface area contributed by atoms with Crippen molar-refractivity contribution in [3.8, 4) is 0 Å². The molecule has 0 saturated heterocycles. The fraction of sp³-hybridized carbons (Fsp3) is 0.550. The molecule has 2 aromatic rings. The Morgan fingerprint density at radius 3 is 2.57 bits per heavy atom. The van der Waals surface area contributed by atoms with Crippen molar-refractivity contribution >= 4 is 26.9 Å². The number of likely N-dealkylation sites (N-methyl/N-ethyl adjacent to an activating group) is 1. The summed E-state index contributed by atoms with van der Waals surface area (Å²) in [6, 6.07) is 3.53. The summed E-state index contributed by atoms with van der Waals surface area (Å²) in [6.07, 6.45) is 8.07. The van der Waals surface area contributed by atoms with Crippen LogP contribution in [0, 0.1) is 5.82 Å². The normalized spacial score (nSPS) is 22.9. The lowest BCUT2D eigenvalue weighted by molar-refractivity contribution is 0.361. The second kappa shape index (κ2) is 8.08. The Balaban J connectivity index is 1.65. The van der Waals surface area contributed by atoms with Crippen molar-refractivity contribution < 1.29 is 12.8 Å². The van der Waals surface area contributed by atoms with Gasteiger partial charge in [-0.25, -0.2) is 17.8 Å². The molecule has 2 saturated carbocycles. The van der Waals surface area contributed by atoms with Crippen LogP contribution in [0.25, 0.3) is 0 Å². The number of hydrogen-bond acceptors (Lipinski definition) is 6. The van der Waals surface area contributed by atoms with Crippen LogP contribution < -0.4 is 10.6 Å². The quantitative estimate of drug-likeness (QED) is 0.702. The van der Waals surface area contributed by atoms with E-state index in [0.717, 1.165) is 43.4 Å². The third-order valence-electron chi connectivity index (χ3n) is 5.73. The van der Waals surface area contributed by atoms with E-state index in [0.29, 0.717) is 17.0 Å². The summed E-state index contributed by atoms with van der Waals surface area (Å²) in [7, 11) is -1.81. The molecule has 28 heavy (non-hydrogen) atoms. The monoisotopic (exact) mass is 423 g/mol. The van der Waals surface area contributed by atoms with Gasteiger partial charge in [0.25, 0.3) is 0 Å². The van der Waals surface area contributed by atoms with E-state index in [-0.39, 0.29) is 16.7 Å². The maximum absolute atomic E-state index is 14.9. The first-order valence-corrected chi connectivity index (χ1v) is 12.4. The highest BCUT2D eigenvalue weighted by molar-refractivity contribution is 7.90. The Kier molecular flexibility index (Phi) is 5.71. The van der Waals surface area contributed by atoms with Gasteiger partial charge in [0.2, 0.25) is 0 Å². The first-order chi connectivity index (χ1) is 13.5. The number of sulfone groups is 1. The Labute approximate surface area is 169 Å². The van der Waals surface area contributed by atoms with Crippen molar-refractivity contribution in [1.82, 2.24) is 10.3 Å². The van der Waals surface area contributed by atoms with Crippen molar-refractivity contribution in [3.63, 3.8) is 0 Å². The van der Waals surface area contributed by atoms with Crippen LogP contribution in [-0.4, -0.2) is 32.5 Å². The molecular formula is C20H26FN3O2S2. The van der Waals surface area contributed by atoms with Gasteiger partial charge in [0.05, 0.1) is 0 Å². The van der Waals surface area contributed by atoms with Gasteiger partial charge in [-0.05, 0) is 56.3 Å². The molecule has 0 radical (unpaired) electrons. The van der Waals surface area contributed by atoms with Crippen molar-refractivity contribution in [2.45, 2.75) is 67.2 Å². The molecule has 2 atom stereocenters. The maximum atomic E-state index is 14.9. The minimum Gasteiger partial charge on any atom is -0.380 e. The number of halogens is 1. The van der Waals surface area contributed by atoms with Crippen LogP contribution in [0.2, 0.25) is 0 Å². The molecular weight excluding hydrogens is 397 g/mol. The first-order valence-electron chi connectivity index (χ1n) is 9.86. The molecule has 2 aliphatic carbocycles. The number of aromatic nitrogens is 1. The molecule has 2 aliphatic rings. The minimum absolute atomic E-state index is 0.205. The van der Waals surface area contributed by atoms with Crippen LogP contribution in [0.1, 0.15) is 55.0 Å². The number of rotatable bonds is 7. The van der Waals surface area contributed by atoms with Gasteiger partial charge in [-0.3, -0.25) is 0 Å². The van der Waals surface area contributed by atoms with Gasteiger partial charge in [-0.15, -0.1) is 11.3 Å². The highest BCUT2D eigenvalue weighted by Crippen LogP contribution is 2.45. The Morgan fingerprint density at radius 1 is 1.18 bits per heavy atom. The van der Waals surface area contributed by atoms with E-state index in [9.17, 15) is 12.8 Å². The average Bonchev–Trinajstić information content (AvgIpc) is 3.39. The molecule has 0 aliphatic heterocycles. The molecule has 1 aromatic carbocycles. The summed E-state index contributed by atoms with van der Waals surface area (Å²) in [5, 5.41) is 9.09. The fourth-order valence-electron chi connectivity index (χ4n) is 4.08. The zero-order valence-electron chi connectivity index (χ0n) is 15.9. The summed E-state index contributed by atoms with van der Waals surface area (Å²) >= 11 is 1.27. The minimum atomic E-state index is -3.77. The number of anilines is 1. The first kappa shape index (κ1) is 19.8. The Hall–Kier alpha value is -1.51. The lowest BCUT2D eigenvalue weighted by atomic mass is 9.90. The zero-order chi connectivity index (χ0) is 19.7. The van der Waals surface area contributed by atoms with E-state index >= 15 is 0 Å².